The van der Waals surface area contributed by atoms with Crippen LogP contribution in [0.15, 0.2) is 89.9 Å². The number of likely N-dealkylation sites (tertiary alicyclic amines) is 2. The molecule has 6 aromatic rings. The van der Waals surface area contributed by atoms with E-state index in [1.54, 1.807) is 31.4 Å². The predicted molar refractivity (Wildman–Crippen MR) is 415 cm³/mol. The third-order valence-electron chi connectivity index (χ3n) is 18.5. The van der Waals surface area contributed by atoms with Crippen LogP contribution in [0.3, 0.4) is 0 Å². The number of methoxy groups -OCH3 is 2. The molecule has 2 N–H and O–H groups in total. The average molecular weight is 1710 g/mol. The second-order valence-corrected chi connectivity index (χ2v) is 31.9. The van der Waals surface area contributed by atoms with E-state index in [4.69, 9.17) is 58.5 Å². The number of piperidine rings is 4. The molecule has 5 aromatic heterocycles. The number of aliphatic hydroxyl groups excluding tert-OH is 2. The molecule has 5 fully saturated rings. The van der Waals surface area contributed by atoms with Crippen molar-refractivity contribution in [3.63, 3.8) is 0 Å². The Hall–Kier alpha value is -4.33. The SMILES string of the molecule is CC1(C)CCC(C)(C)c2cc(-c3ccnc(Cl)c3)ccc21.COCCOc1ccc(I)nc1Cl.COCCOc1ccc(I)nc1N1CCN(C(=O)OC(C)(C)C)CC1.OC1CCCN(C2CCN(c3cccc(Br)n3)CC2)C1.OC1CCCN(C2CCN(c3ncnc(Cl)n3)CC2)C1. The molecule has 99 heavy (non-hydrogen) atoms. The number of hydrogen-bond donors (Lipinski definition) is 2. The number of aliphatic hydroxyl groups is 2. The summed E-state index contributed by atoms with van der Waals surface area (Å²) in [5.74, 6) is 3.88. The van der Waals surface area contributed by atoms with Gasteiger partial charge < -0.3 is 53.5 Å². The van der Waals surface area contributed by atoms with E-state index in [1.165, 1.54) is 48.7 Å². The van der Waals surface area contributed by atoms with E-state index in [0.717, 1.165) is 126 Å². The van der Waals surface area contributed by atoms with Crippen molar-refractivity contribution < 1.29 is 38.7 Å². The Balaban J connectivity index is 0.000000160. The lowest BCUT2D eigenvalue weighted by Crippen LogP contribution is -2.50. The van der Waals surface area contributed by atoms with Crippen LogP contribution >= 0.6 is 95.9 Å². The van der Waals surface area contributed by atoms with E-state index >= 15 is 0 Å². The maximum Gasteiger partial charge on any atom is 0.410 e. The van der Waals surface area contributed by atoms with Crippen molar-refractivity contribution in [2.75, 3.05) is 134 Å². The van der Waals surface area contributed by atoms with Crippen molar-refractivity contribution in [2.45, 2.75) is 153 Å². The minimum atomic E-state index is -0.478. The molecule has 5 saturated heterocycles. The fraction of sp³-hybridized carbons (Fsp3) is 0.583. The number of carbonyl (C=O) groups is 1. The van der Waals surface area contributed by atoms with E-state index < -0.39 is 5.60 Å². The van der Waals surface area contributed by atoms with E-state index in [1.807, 2.05) is 63.2 Å². The fourth-order valence-electron chi connectivity index (χ4n) is 13.0. The van der Waals surface area contributed by atoms with Crippen LogP contribution in [0.4, 0.5) is 22.4 Å². The number of ether oxygens (including phenoxy) is 5. The molecule has 0 bridgehead atoms. The summed E-state index contributed by atoms with van der Waals surface area (Å²) in [4.78, 5) is 54.9. The fourth-order valence-corrected chi connectivity index (χ4v) is 14.8. The molecule has 0 saturated carbocycles. The number of benzene rings is 1. The number of pyridine rings is 4. The van der Waals surface area contributed by atoms with E-state index in [2.05, 4.69) is 172 Å². The quantitative estimate of drug-likeness (QED) is 0.0589. The van der Waals surface area contributed by atoms with Crippen molar-refractivity contribution in [1.82, 2.24) is 49.6 Å². The summed E-state index contributed by atoms with van der Waals surface area (Å²) < 4.78 is 29.1. The molecule has 27 heteroatoms. The molecule has 6 aliphatic rings. The number of rotatable bonds is 14. The monoisotopic (exact) mass is 1710 g/mol. The summed E-state index contributed by atoms with van der Waals surface area (Å²) in [5, 5.41) is 20.8. The summed E-state index contributed by atoms with van der Waals surface area (Å²) in [6.45, 7) is 27.5. The molecule has 5 aliphatic heterocycles. The van der Waals surface area contributed by atoms with Gasteiger partial charge in [-0.3, -0.25) is 9.80 Å². The molecule has 21 nitrogen and oxygen atoms in total. The normalized spacial score (nSPS) is 19.7. The van der Waals surface area contributed by atoms with Crippen molar-refractivity contribution in [3.8, 4) is 22.6 Å². The first-order valence-corrected chi connectivity index (χ1v) is 38.4. The molecule has 0 radical (unpaired) electrons. The molecule has 2 unspecified atom stereocenters. The van der Waals surface area contributed by atoms with Gasteiger partial charge in [0.05, 0.1) is 25.4 Å². The molecule has 542 valence electrons. The standard InChI is InChI=1S/C19H22ClN.C17H26IN3O4.C15H22BrN3O.C13H20ClN5O.C8H9ClINO2/c1-18(2)8-9-19(3,4)16-11-13(5-6-15(16)18)14-7-10-21-17(20)12-14;1-17(2,3)25-16(22)21-9-7-20(8-10-21)15-13(24-12-11-23-4)5-6-14(18)19-15;16-14-4-1-5-15(17-14)18-9-6-12(7-10-18)19-8-2-3-13(20)11-19;14-12-15-9-16-13(17-12)18-6-3-10(4-7-18)19-5-1-2-11(20)8-19;1-12-4-5-13-6-2-3-7(10)11-8(6)9/h5-7,10-12H,8-9H2,1-4H3;5-6H,7-12H2,1-4H3;1,4-5,12-13,20H,2-3,6-11H2;9-11,20H,1-8H2;2-3H,4-5H2,1H3. The second-order valence-electron chi connectivity index (χ2n) is 27.8. The van der Waals surface area contributed by atoms with E-state index in [9.17, 15) is 15.0 Å². The summed E-state index contributed by atoms with van der Waals surface area (Å²) in [6.07, 6.45) is 13.8. The Labute approximate surface area is 636 Å². The van der Waals surface area contributed by atoms with Gasteiger partial charge in [-0.2, -0.15) is 4.98 Å². The highest BCUT2D eigenvalue weighted by Gasteiger charge is 2.38. The number of fused-ring (bicyclic) bond motifs is 1. The second kappa shape index (κ2) is 39.0. The van der Waals surface area contributed by atoms with Crippen LogP contribution in [-0.2, 0) is 25.0 Å². The highest BCUT2D eigenvalue weighted by atomic mass is 127. The third kappa shape index (κ3) is 25.2. The minimum Gasteiger partial charge on any atom is -0.488 e. The maximum atomic E-state index is 12.2. The zero-order valence-corrected chi connectivity index (χ0v) is 66.9. The summed E-state index contributed by atoms with van der Waals surface area (Å²) >= 11 is 25.4. The maximum absolute atomic E-state index is 12.2. The van der Waals surface area contributed by atoms with Crippen molar-refractivity contribution in [1.29, 1.82) is 0 Å². The molecular formula is C72H99BrCl3I2N13O8. The van der Waals surface area contributed by atoms with E-state index in [0.29, 0.717) is 86.7 Å². The number of aromatic nitrogens is 7. The van der Waals surface area contributed by atoms with Crippen LogP contribution in [-0.4, -0.2) is 215 Å². The lowest BCUT2D eigenvalue weighted by Gasteiger charge is -2.42. The number of β-amino-alcohol motifs (C(OH)–C–C–N with tert-alkyl or cyclic N) is 2. The number of anilines is 3. The molecule has 10 heterocycles. The number of piperazine rings is 1. The molecular weight excluding hydrogens is 1610 g/mol. The Morgan fingerprint density at radius 3 is 1.73 bits per heavy atom. The Morgan fingerprint density at radius 1 is 0.606 bits per heavy atom. The van der Waals surface area contributed by atoms with E-state index in [-0.39, 0.29) is 34.4 Å². The molecule has 1 aliphatic carbocycles. The van der Waals surface area contributed by atoms with Crippen molar-refractivity contribution in [2.24, 2.45) is 0 Å². The average Bonchev–Trinajstić information content (AvgIpc) is 0.754. The Bertz CT molecular complexity index is 3410. The zero-order chi connectivity index (χ0) is 71.3. The Morgan fingerprint density at radius 2 is 1.17 bits per heavy atom. The smallest absolute Gasteiger partial charge is 0.410 e. The lowest BCUT2D eigenvalue weighted by atomic mass is 9.63. The molecule has 1 amide bonds. The first kappa shape index (κ1) is 80.4. The molecule has 0 spiro atoms. The van der Waals surface area contributed by atoms with Gasteiger partial charge in [0.2, 0.25) is 11.2 Å². The number of carbonyl (C=O) groups excluding carboxylic acids is 1. The summed E-state index contributed by atoms with van der Waals surface area (Å²) in [6, 6.07) is 25.6. The number of halogens is 6. The minimum absolute atomic E-state index is 0.117. The van der Waals surface area contributed by atoms with Crippen molar-refractivity contribution in [3.05, 3.63) is 124 Å². The van der Waals surface area contributed by atoms with Crippen molar-refractivity contribution >= 4 is 120 Å². The highest BCUT2D eigenvalue weighted by molar-refractivity contribution is 14.1. The number of amides is 1. The van der Waals surface area contributed by atoms with Gasteiger partial charge in [0.15, 0.2) is 22.5 Å². The van der Waals surface area contributed by atoms with Crippen LogP contribution in [0.25, 0.3) is 11.1 Å². The van der Waals surface area contributed by atoms with Gasteiger partial charge in [-0.05, 0) is 252 Å². The number of nitrogens with zero attached hydrogens (tertiary/aromatic N) is 13. The third-order valence-corrected chi connectivity index (χ3v) is 20.8. The highest BCUT2D eigenvalue weighted by Crippen LogP contribution is 2.47. The van der Waals surface area contributed by atoms with Crippen LogP contribution in [0.2, 0.25) is 15.6 Å². The summed E-state index contributed by atoms with van der Waals surface area (Å²) in [5.41, 5.74) is 5.35. The lowest BCUT2D eigenvalue weighted by molar-refractivity contribution is 0.0240. The topological polar surface area (TPSA) is 213 Å². The molecule has 2 atom stereocenters. The molecule has 12 rings (SSSR count). The van der Waals surface area contributed by atoms with Crippen LogP contribution in [0.1, 0.15) is 124 Å². The zero-order valence-electron chi connectivity index (χ0n) is 58.7. The Kier molecular flexibility index (Phi) is 31.6. The van der Waals surface area contributed by atoms with Crippen LogP contribution in [0, 0.1) is 7.40 Å². The van der Waals surface area contributed by atoms with Crippen LogP contribution < -0.4 is 24.2 Å². The van der Waals surface area contributed by atoms with Gasteiger partial charge in [0.1, 0.15) is 48.1 Å². The first-order valence-electron chi connectivity index (χ1n) is 34.3. The van der Waals surface area contributed by atoms with Crippen LogP contribution in [0.5, 0.6) is 11.5 Å². The van der Waals surface area contributed by atoms with Gasteiger partial charge in [-0.15, -0.1) is 0 Å². The van der Waals surface area contributed by atoms with Gasteiger partial charge in [0, 0.05) is 97.9 Å². The predicted octanol–water partition coefficient (Wildman–Crippen LogP) is 14.1. The van der Waals surface area contributed by atoms with Gasteiger partial charge in [-0.1, -0.05) is 75.2 Å². The number of hydrogen-bond acceptors (Lipinski definition) is 20. The van der Waals surface area contributed by atoms with Gasteiger partial charge in [0.25, 0.3) is 0 Å². The largest absolute Gasteiger partial charge is 0.488 e. The summed E-state index contributed by atoms with van der Waals surface area (Å²) in [7, 11) is 3.27. The van der Waals surface area contributed by atoms with Gasteiger partial charge in [-0.25, -0.2) is 34.7 Å². The first-order chi connectivity index (χ1) is 47.3. The van der Waals surface area contributed by atoms with Gasteiger partial charge >= 0.3 is 6.09 Å². The molecule has 1 aromatic carbocycles.